The first-order chi connectivity index (χ1) is 10.1. The molecule has 0 unspecified atom stereocenters. The van der Waals surface area contributed by atoms with Crippen molar-refractivity contribution >= 4 is 17.7 Å². The van der Waals surface area contributed by atoms with E-state index in [1.165, 1.54) is 30.3 Å². The van der Waals surface area contributed by atoms with Gasteiger partial charge < -0.3 is 5.32 Å². The number of anilines is 1. The fourth-order valence-electron chi connectivity index (χ4n) is 1.71. The summed E-state index contributed by atoms with van der Waals surface area (Å²) in [7, 11) is 0. The third kappa shape index (κ3) is 4.02. The van der Waals surface area contributed by atoms with Crippen LogP contribution >= 0.6 is 0 Å². The van der Waals surface area contributed by atoms with Gasteiger partial charge in [-0.2, -0.15) is 5.26 Å². The van der Waals surface area contributed by atoms with E-state index in [1.807, 2.05) is 25.1 Å². The zero-order chi connectivity index (χ0) is 15.2. The summed E-state index contributed by atoms with van der Waals surface area (Å²) < 4.78 is 12.8. The highest BCUT2D eigenvalue weighted by molar-refractivity contribution is 6.09. The number of aryl methyl sites for hydroxylation is 1. The molecule has 0 saturated heterocycles. The van der Waals surface area contributed by atoms with Crippen molar-refractivity contribution in [1.29, 1.82) is 5.26 Å². The molecule has 104 valence electrons. The molecule has 2 aromatic rings. The number of hydrogen-bond donors (Lipinski definition) is 1. The number of nitrogens with zero attached hydrogens (tertiary/aromatic N) is 1. The van der Waals surface area contributed by atoms with Crippen LogP contribution in [0.2, 0.25) is 0 Å². The molecule has 1 N–H and O–H groups in total. The van der Waals surface area contributed by atoms with Gasteiger partial charge in [0.1, 0.15) is 17.5 Å². The Labute approximate surface area is 122 Å². The predicted molar refractivity (Wildman–Crippen MR) is 79.8 cm³/mol. The minimum absolute atomic E-state index is 0.0396. The fourth-order valence-corrected chi connectivity index (χ4v) is 1.71. The van der Waals surface area contributed by atoms with E-state index in [-0.39, 0.29) is 11.4 Å². The summed E-state index contributed by atoms with van der Waals surface area (Å²) in [5, 5.41) is 11.7. The highest BCUT2D eigenvalue weighted by Gasteiger charge is 2.09. The highest BCUT2D eigenvalue weighted by Crippen LogP contribution is 2.12. The Morgan fingerprint density at radius 1 is 1.14 bits per heavy atom. The maximum atomic E-state index is 12.8. The van der Waals surface area contributed by atoms with E-state index in [0.717, 1.165) is 5.56 Å². The van der Waals surface area contributed by atoms with E-state index < -0.39 is 5.91 Å². The molecule has 0 aromatic heterocycles. The third-order valence-corrected chi connectivity index (χ3v) is 2.86. The molecule has 0 aliphatic carbocycles. The second-order valence-corrected chi connectivity index (χ2v) is 4.54. The number of carbonyl (C=O) groups is 1. The Morgan fingerprint density at radius 3 is 2.33 bits per heavy atom. The SMILES string of the molecule is Cc1ccc(NC(=O)/C(C#N)=C\c2ccc(F)cc2)cc1. The van der Waals surface area contributed by atoms with Crippen LogP contribution in [0.3, 0.4) is 0 Å². The Morgan fingerprint density at radius 2 is 1.76 bits per heavy atom. The van der Waals surface area contributed by atoms with Crippen molar-refractivity contribution in [2.75, 3.05) is 5.32 Å². The predicted octanol–water partition coefficient (Wildman–Crippen LogP) is 3.68. The van der Waals surface area contributed by atoms with Crippen molar-refractivity contribution in [2.45, 2.75) is 6.92 Å². The molecule has 21 heavy (non-hydrogen) atoms. The van der Waals surface area contributed by atoms with Crippen molar-refractivity contribution in [3.8, 4) is 6.07 Å². The summed E-state index contributed by atoms with van der Waals surface area (Å²) in [6.07, 6.45) is 1.42. The quantitative estimate of drug-likeness (QED) is 0.688. The van der Waals surface area contributed by atoms with Gasteiger partial charge in [-0.05, 0) is 42.8 Å². The van der Waals surface area contributed by atoms with Crippen LogP contribution in [0.5, 0.6) is 0 Å². The second-order valence-electron chi connectivity index (χ2n) is 4.54. The van der Waals surface area contributed by atoms with E-state index in [0.29, 0.717) is 11.3 Å². The van der Waals surface area contributed by atoms with Crippen LogP contribution in [-0.4, -0.2) is 5.91 Å². The normalized spacial score (nSPS) is 10.8. The molecule has 0 aliphatic rings. The van der Waals surface area contributed by atoms with Gasteiger partial charge in [-0.3, -0.25) is 4.79 Å². The Hall–Kier alpha value is -2.93. The summed E-state index contributed by atoms with van der Waals surface area (Å²) in [5.74, 6) is -0.861. The Kier molecular flexibility index (Phi) is 4.47. The number of benzene rings is 2. The molecule has 0 bridgehead atoms. The van der Waals surface area contributed by atoms with Gasteiger partial charge in [-0.1, -0.05) is 29.8 Å². The maximum absolute atomic E-state index is 12.8. The summed E-state index contributed by atoms with van der Waals surface area (Å²) >= 11 is 0. The molecular weight excluding hydrogens is 267 g/mol. The lowest BCUT2D eigenvalue weighted by Gasteiger charge is -2.04. The van der Waals surface area contributed by atoms with Crippen LogP contribution < -0.4 is 5.32 Å². The van der Waals surface area contributed by atoms with Crippen molar-refractivity contribution in [2.24, 2.45) is 0 Å². The van der Waals surface area contributed by atoms with Crippen molar-refractivity contribution in [3.05, 3.63) is 71.0 Å². The number of halogens is 1. The lowest BCUT2D eigenvalue weighted by Crippen LogP contribution is -2.13. The Balaban J connectivity index is 2.17. The van der Waals surface area contributed by atoms with Gasteiger partial charge in [0.15, 0.2) is 0 Å². The smallest absolute Gasteiger partial charge is 0.266 e. The molecule has 1 amide bonds. The van der Waals surface area contributed by atoms with Crippen molar-refractivity contribution in [3.63, 3.8) is 0 Å². The molecule has 0 heterocycles. The van der Waals surface area contributed by atoms with E-state index in [9.17, 15) is 9.18 Å². The van der Waals surface area contributed by atoms with Gasteiger partial charge in [0.25, 0.3) is 5.91 Å². The molecule has 4 heteroatoms. The van der Waals surface area contributed by atoms with E-state index >= 15 is 0 Å². The van der Waals surface area contributed by atoms with Crippen molar-refractivity contribution in [1.82, 2.24) is 0 Å². The standard InChI is InChI=1S/C17H13FN2O/c1-12-2-8-16(9-3-12)20-17(21)14(11-19)10-13-4-6-15(18)7-5-13/h2-10H,1H3,(H,20,21)/b14-10-. The summed E-state index contributed by atoms with van der Waals surface area (Å²) in [6, 6.07) is 14.7. The maximum Gasteiger partial charge on any atom is 0.266 e. The number of carbonyl (C=O) groups excluding carboxylic acids is 1. The number of hydrogen-bond acceptors (Lipinski definition) is 2. The molecule has 3 nitrogen and oxygen atoms in total. The Bertz CT molecular complexity index is 710. The van der Waals surface area contributed by atoms with E-state index in [2.05, 4.69) is 5.32 Å². The van der Waals surface area contributed by atoms with Crippen LogP contribution in [0.1, 0.15) is 11.1 Å². The summed E-state index contributed by atoms with van der Waals surface area (Å²) in [4.78, 5) is 12.0. The average molecular weight is 280 g/mol. The van der Waals surface area contributed by atoms with Crippen LogP contribution in [0.25, 0.3) is 6.08 Å². The molecule has 2 rings (SSSR count). The molecule has 0 radical (unpaired) electrons. The van der Waals surface area contributed by atoms with Gasteiger partial charge >= 0.3 is 0 Å². The lowest BCUT2D eigenvalue weighted by atomic mass is 10.1. The summed E-state index contributed by atoms with van der Waals surface area (Å²) in [5.41, 5.74) is 2.25. The second kappa shape index (κ2) is 6.49. The van der Waals surface area contributed by atoms with Crippen LogP contribution in [0.4, 0.5) is 10.1 Å². The minimum Gasteiger partial charge on any atom is -0.321 e. The first kappa shape index (κ1) is 14.5. The number of nitrogens with one attached hydrogen (secondary N) is 1. The topological polar surface area (TPSA) is 52.9 Å². The van der Waals surface area contributed by atoms with Crippen molar-refractivity contribution < 1.29 is 9.18 Å². The molecule has 2 aromatic carbocycles. The molecule has 0 aliphatic heterocycles. The number of rotatable bonds is 3. The van der Waals surface area contributed by atoms with Gasteiger partial charge in [-0.25, -0.2) is 4.39 Å². The van der Waals surface area contributed by atoms with Gasteiger partial charge in [0.2, 0.25) is 0 Å². The minimum atomic E-state index is -0.495. The molecule has 0 fully saturated rings. The van der Waals surface area contributed by atoms with Gasteiger partial charge in [0.05, 0.1) is 0 Å². The van der Waals surface area contributed by atoms with E-state index in [4.69, 9.17) is 5.26 Å². The average Bonchev–Trinajstić information content (AvgIpc) is 2.49. The highest BCUT2D eigenvalue weighted by atomic mass is 19.1. The van der Waals surface area contributed by atoms with Gasteiger partial charge in [0, 0.05) is 5.69 Å². The van der Waals surface area contributed by atoms with Crippen LogP contribution in [0, 0.1) is 24.1 Å². The lowest BCUT2D eigenvalue weighted by molar-refractivity contribution is -0.112. The number of nitriles is 1. The molecule has 0 spiro atoms. The van der Waals surface area contributed by atoms with E-state index in [1.54, 1.807) is 12.1 Å². The van der Waals surface area contributed by atoms with Crippen LogP contribution in [-0.2, 0) is 4.79 Å². The zero-order valence-corrected chi connectivity index (χ0v) is 11.4. The monoisotopic (exact) mass is 280 g/mol. The fraction of sp³-hybridized carbons (Fsp3) is 0.0588. The first-order valence-electron chi connectivity index (χ1n) is 6.34. The zero-order valence-electron chi connectivity index (χ0n) is 11.4. The molecular formula is C17H13FN2O. The third-order valence-electron chi connectivity index (χ3n) is 2.86. The first-order valence-corrected chi connectivity index (χ1v) is 6.34. The van der Waals surface area contributed by atoms with Crippen LogP contribution in [0.15, 0.2) is 54.1 Å². The van der Waals surface area contributed by atoms with Gasteiger partial charge in [-0.15, -0.1) is 0 Å². The largest absolute Gasteiger partial charge is 0.321 e. The molecule has 0 saturated carbocycles. The summed E-state index contributed by atoms with van der Waals surface area (Å²) in [6.45, 7) is 1.95. The number of amides is 1. The molecule has 0 atom stereocenters.